The van der Waals surface area contributed by atoms with Gasteiger partial charge in [-0.25, -0.2) is 0 Å². The molecule has 3 aliphatic heterocycles. The fourth-order valence-electron chi connectivity index (χ4n) is 7.03. The van der Waals surface area contributed by atoms with Gasteiger partial charge >= 0.3 is 0 Å². The van der Waals surface area contributed by atoms with Gasteiger partial charge in [-0.2, -0.15) is 0 Å². The molecule has 2 amide bonds. The number of ether oxygens (including phenoxy) is 2. The van der Waals surface area contributed by atoms with Crippen LogP contribution in [0.1, 0.15) is 67.3 Å². The van der Waals surface area contributed by atoms with E-state index in [4.69, 9.17) is 9.47 Å². The largest absolute Gasteiger partial charge is 0.391 e. The minimum atomic E-state index is -1.45. The highest BCUT2D eigenvalue weighted by Gasteiger charge is 2.67. The van der Waals surface area contributed by atoms with Crippen LogP contribution < -0.4 is 5.32 Å². The number of aliphatic hydroxyl groups is 4. The third-order valence-corrected chi connectivity index (χ3v) is 10.0. The second kappa shape index (κ2) is 13.9. The fraction of sp³-hybridized carbons (Fsp3) is 0.611. The summed E-state index contributed by atoms with van der Waals surface area (Å²) in [5, 5.41) is 45.5. The third kappa shape index (κ3) is 7.41. The summed E-state index contributed by atoms with van der Waals surface area (Å²) in [4.78, 5) is 29.2. The maximum Gasteiger partial charge on any atom is 0.242 e. The number of nitrogens with zero attached hydrogens (tertiary/aromatic N) is 2. The fourth-order valence-corrected chi connectivity index (χ4v) is 7.03. The Labute approximate surface area is 277 Å². The van der Waals surface area contributed by atoms with Crippen LogP contribution in [0.15, 0.2) is 42.5 Å². The zero-order valence-corrected chi connectivity index (χ0v) is 28.2. The molecule has 11 heteroatoms. The zero-order valence-electron chi connectivity index (χ0n) is 28.2. The van der Waals surface area contributed by atoms with Gasteiger partial charge in [-0.05, 0) is 82.4 Å². The van der Waals surface area contributed by atoms with Crippen LogP contribution >= 0.6 is 0 Å². The van der Waals surface area contributed by atoms with E-state index in [1.54, 1.807) is 13.8 Å². The third-order valence-electron chi connectivity index (χ3n) is 10.0. The van der Waals surface area contributed by atoms with Crippen molar-refractivity contribution in [3.05, 3.63) is 70.3 Å². The molecule has 3 unspecified atom stereocenters. The second-order valence-electron chi connectivity index (χ2n) is 14.3. The highest BCUT2D eigenvalue weighted by atomic mass is 16.8. The number of β-amino-alcohol motifs (C(OH)–C–C–N with tert-alkyl or cyclic N) is 1. The molecule has 0 aliphatic carbocycles. The van der Waals surface area contributed by atoms with Gasteiger partial charge in [-0.1, -0.05) is 36.4 Å². The molecule has 3 saturated heterocycles. The van der Waals surface area contributed by atoms with Crippen LogP contribution in [-0.4, -0.2) is 118 Å². The standard InChI is InChI=1S/C36H51N3O8/c1-23-9-14-27(36-20-30(41)32(43)35(47-36,22-46-36)34(2,3)45)18-26(23)17-25-12-10-24(11-13-25)7-6-8-31(42)39-21-28(40)19-29(39)33(44)37-15-16-38(4)5/h9-14,18,28-30,32,40-41,43,45H,6-8,15-17,19-22H2,1-5H3,(H,37,44)/t28?,29?,30?,32-,35-,36+/m0/s1. The normalized spacial score (nSPS) is 29.0. The van der Waals surface area contributed by atoms with Gasteiger partial charge in [0.1, 0.15) is 12.1 Å². The molecule has 0 radical (unpaired) electrons. The number of carbonyl (C=O) groups excluding carboxylic acids is 2. The smallest absolute Gasteiger partial charge is 0.242 e. The molecule has 0 spiro atoms. The Morgan fingerprint density at radius 1 is 1.09 bits per heavy atom. The van der Waals surface area contributed by atoms with Crippen molar-refractivity contribution in [1.29, 1.82) is 0 Å². The number of hydrogen-bond donors (Lipinski definition) is 5. The topological polar surface area (TPSA) is 152 Å². The summed E-state index contributed by atoms with van der Waals surface area (Å²) in [6, 6.07) is 13.6. The quantitative estimate of drug-likeness (QED) is 0.229. The van der Waals surface area contributed by atoms with Gasteiger partial charge in [0.05, 0.1) is 24.4 Å². The number of carbonyl (C=O) groups is 2. The monoisotopic (exact) mass is 653 g/mol. The molecule has 5 N–H and O–H groups in total. The van der Waals surface area contributed by atoms with Gasteiger partial charge in [0.15, 0.2) is 11.4 Å². The number of fused-ring (bicyclic) bond motifs is 2. The van der Waals surface area contributed by atoms with Gasteiger partial charge in [-0.15, -0.1) is 0 Å². The van der Waals surface area contributed by atoms with Crippen molar-refractivity contribution in [2.24, 2.45) is 0 Å². The van der Waals surface area contributed by atoms with Crippen LogP contribution in [0.2, 0.25) is 0 Å². The predicted molar refractivity (Wildman–Crippen MR) is 175 cm³/mol. The first-order chi connectivity index (χ1) is 22.1. The summed E-state index contributed by atoms with van der Waals surface area (Å²) in [5.41, 5.74) is 2.21. The molecule has 258 valence electrons. The second-order valence-corrected chi connectivity index (χ2v) is 14.3. The molecular weight excluding hydrogens is 602 g/mol. The minimum absolute atomic E-state index is 0.0437. The van der Waals surface area contributed by atoms with Crippen molar-refractivity contribution in [3.8, 4) is 0 Å². The average molecular weight is 654 g/mol. The number of rotatable bonds is 12. The summed E-state index contributed by atoms with van der Waals surface area (Å²) in [7, 11) is 3.85. The van der Waals surface area contributed by atoms with Crippen molar-refractivity contribution in [3.63, 3.8) is 0 Å². The summed E-state index contributed by atoms with van der Waals surface area (Å²) >= 11 is 0. The molecule has 3 heterocycles. The van der Waals surface area contributed by atoms with E-state index in [9.17, 15) is 30.0 Å². The molecule has 6 atom stereocenters. The predicted octanol–water partition coefficient (Wildman–Crippen LogP) is 1.38. The van der Waals surface area contributed by atoms with Gasteiger partial charge in [-0.3, -0.25) is 9.59 Å². The molecule has 0 saturated carbocycles. The van der Waals surface area contributed by atoms with E-state index in [-0.39, 0.29) is 37.8 Å². The van der Waals surface area contributed by atoms with Gasteiger partial charge in [0.25, 0.3) is 0 Å². The Hall–Kier alpha value is -2.90. The Balaban J connectivity index is 1.18. The van der Waals surface area contributed by atoms with Crippen LogP contribution in [0.5, 0.6) is 0 Å². The number of aryl methyl sites for hydroxylation is 2. The number of nitrogens with one attached hydrogen (secondary N) is 1. The van der Waals surface area contributed by atoms with E-state index in [0.29, 0.717) is 38.8 Å². The average Bonchev–Trinajstić information content (AvgIpc) is 3.58. The van der Waals surface area contributed by atoms with Crippen LogP contribution in [0.25, 0.3) is 0 Å². The molecule has 2 bridgehead atoms. The van der Waals surface area contributed by atoms with Crippen LogP contribution in [0.3, 0.4) is 0 Å². The summed E-state index contributed by atoms with van der Waals surface area (Å²) in [6.45, 7) is 6.48. The molecule has 11 nitrogen and oxygen atoms in total. The molecule has 3 fully saturated rings. The number of likely N-dealkylation sites (tertiary alicyclic amines) is 1. The molecule has 2 aromatic carbocycles. The lowest BCUT2D eigenvalue weighted by molar-refractivity contribution is -0.308. The first-order valence-corrected chi connectivity index (χ1v) is 16.6. The van der Waals surface area contributed by atoms with Crippen molar-refractivity contribution < 1.29 is 39.5 Å². The van der Waals surface area contributed by atoms with Crippen molar-refractivity contribution >= 4 is 11.8 Å². The van der Waals surface area contributed by atoms with E-state index in [0.717, 1.165) is 27.8 Å². The SMILES string of the molecule is Cc1ccc([C@]23CC(O)[C@H](O)[C@](C(C)(C)O)(CO2)O3)cc1Cc1ccc(CCCC(=O)N2CC(O)CC2C(=O)NCCN(C)C)cc1. The first kappa shape index (κ1) is 35.4. The van der Waals surface area contributed by atoms with E-state index in [1.807, 2.05) is 44.1 Å². The number of hydrogen-bond acceptors (Lipinski definition) is 9. The zero-order chi connectivity index (χ0) is 34.1. The number of amides is 2. The van der Waals surface area contributed by atoms with Crippen LogP contribution in [-0.2, 0) is 37.7 Å². The Bertz CT molecular complexity index is 1430. The lowest BCUT2D eigenvalue weighted by Crippen LogP contribution is -2.66. The molecule has 3 aliphatic rings. The van der Waals surface area contributed by atoms with Crippen molar-refractivity contribution in [1.82, 2.24) is 15.1 Å². The molecule has 5 rings (SSSR count). The maximum absolute atomic E-state index is 13.0. The molecular formula is C36H51N3O8. The Kier molecular flexibility index (Phi) is 10.5. The van der Waals surface area contributed by atoms with Crippen molar-refractivity contribution in [2.75, 3.05) is 40.3 Å². The van der Waals surface area contributed by atoms with Gasteiger partial charge in [0.2, 0.25) is 11.8 Å². The molecule has 0 aromatic heterocycles. The Morgan fingerprint density at radius 3 is 2.47 bits per heavy atom. The summed E-state index contributed by atoms with van der Waals surface area (Å²) in [5.74, 6) is -1.60. The van der Waals surface area contributed by atoms with E-state index in [2.05, 4.69) is 29.6 Å². The van der Waals surface area contributed by atoms with E-state index < -0.39 is 41.3 Å². The van der Waals surface area contributed by atoms with Crippen LogP contribution in [0, 0.1) is 6.92 Å². The lowest BCUT2D eigenvalue weighted by Gasteiger charge is -2.48. The molecule has 2 aromatic rings. The van der Waals surface area contributed by atoms with Gasteiger partial charge < -0.3 is 45.0 Å². The number of aliphatic hydroxyl groups excluding tert-OH is 3. The van der Waals surface area contributed by atoms with E-state index >= 15 is 0 Å². The first-order valence-electron chi connectivity index (χ1n) is 16.6. The lowest BCUT2D eigenvalue weighted by atomic mass is 9.76. The van der Waals surface area contributed by atoms with Gasteiger partial charge in [0, 0.05) is 44.5 Å². The van der Waals surface area contributed by atoms with E-state index in [1.165, 1.54) is 4.90 Å². The summed E-state index contributed by atoms with van der Waals surface area (Å²) in [6.07, 6.45) is -0.478. The number of benzene rings is 2. The highest BCUT2D eigenvalue weighted by molar-refractivity contribution is 5.88. The molecule has 47 heavy (non-hydrogen) atoms. The van der Waals surface area contributed by atoms with Crippen molar-refractivity contribution in [2.45, 2.75) is 101 Å². The number of likely N-dealkylation sites (N-methyl/N-ethyl adjacent to an activating group) is 1. The summed E-state index contributed by atoms with van der Waals surface area (Å²) < 4.78 is 12.5. The Morgan fingerprint density at radius 2 is 1.79 bits per heavy atom. The van der Waals surface area contributed by atoms with Crippen LogP contribution in [0.4, 0.5) is 0 Å². The maximum atomic E-state index is 13.0. The highest BCUT2D eigenvalue weighted by Crippen LogP contribution is 2.53. The minimum Gasteiger partial charge on any atom is -0.391 e.